The van der Waals surface area contributed by atoms with Gasteiger partial charge >= 0.3 is 0 Å². The summed E-state index contributed by atoms with van der Waals surface area (Å²) in [4.78, 5) is 14.3. The first-order valence-corrected chi connectivity index (χ1v) is 7.83. The number of rotatable bonds is 2. The Kier molecular flexibility index (Phi) is 5.18. The van der Waals surface area contributed by atoms with Crippen LogP contribution in [0.15, 0.2) is 30.3 Å². The molecule has 0 radical (unpaired) electrons. The molecule has 0 bridgehead atoms. The molecule has 2 unspecified atom stereocenters. The van der Waals surface area contributed by atoms with Crippen molar-refractivity contribution in [2.24, 2.45) is 11.8 Å². The Hall–Kier alpha value is -1.35. The fraction of sp³-hybridized carbons (Fsp3) is 0.588. The third-order valence-corrected chi connectivity index (χ3v) is 4.49. The molecule has 3 heteroatoms. The van der Waals surface area contributed by atoms with Crippen LogP contribution in [0, 0.1) is 11.8 Å². The molecule has 1 N–H and O–H groups in total. The van der Waals surface area contributed by atoms with Crippen LogP contribution in [0.3, 0.4) is 0 Å². The van der Waals surface area contributed by atoms with Crippen molar-refractivity contribution < 1.29 is 4.79 Å². The van der Waals surface area contributed by atoms with Gasteiger partial charge in [0, 0.05) is 12.7 Å². The second kappa shape index (κ2) is 6.89. The topological polar surface area (TPSA) is 32.3 Å². The van der Waals surface area contributed by atoms with Crippen molar-refractivity contribution in [2.45, 2.75) is 39.2 Å². The zero-order valence-corrected chi connectivity index (χ0v) is 12.8. The Morgan fingerprint density at radius 1 is 1.20 bits per heavy atom. The van der Waals surface area contributed by atoms with Crippen molar-refractivity contribution in [1.82, 2.24) is 5.32 Å². The molecule has 110 valence electrons. The van der Waals surface area contributed by atoms with Gasteiger partial charge in [0.2, 0.25) is 5.91 Å². The maximum absolute atomic E-state index is 12.6. The van der Waals surface area contributed by atoms with E-state index < -0.39 is 0 Å². The van der Waals surface area contributed by atoms with Crippen LogP contribution < -0.4 is 10.2 Å². The molecule has 0 aromatic heterocycles. The normalized spacial score (nSPS) is 27.4. The molecule has 1 heterocycles. The van der Waals surface area contributed by atoms with E-state index in [1.807, 2.05) is 51.2 Å². The number of benzene rings is 1. The number of likely N-dealkylation sites (N-methyl/N-ethyl adjacent to an activating group) is 1. The standard InChI is InChI=1S/C15H20N2O.C2H6/c1-17(12-7-3-2-4-8-12)15(18)14-13-9-5-6-11(13)10-16-14;1-2/h2-4,7-8,11,13-14,16H,5-6,9-10H2,1H3;1-2H3/t11?,13?,14-;/m0./s1. The van der Waals surface area contributed by atoms with Crippen LogP contribution in [-0.4, -0.2) is 25.5 Å². The van der Waals surface area contributed by atoms with Gasteiger partial charge in [0.25, 0.3) is 0 Å². The second-order valence-electron chi connectivity index (χ2n) is 5.47. The van der Waals surface area contributed by atoms with E-state index in [1.165, 1.54) is 19.3 Å². The van der Waals surface area contributed by atoms with Crippen LogP contribution in [0.4, 0.5) is 5.69 Å². The fourth-order valence-electron chi connectivity index (χ4n) is 3.45. The molecule has 3 nitrogen and oxygen atoms in total. The SMILES string of the molecule is CC.CN(C(=O)[C@H]1NCC2CCCC21)c1ccccc1. The first-order chi connectivity index (χ1) is 9.77. The van der Waals surface area contributed by atoms with Gasteiger partial charge in [-0.25, -0.2) is 0 Å². The van der Waals surface area contributed by atoms with Crippen molar-refractivity contribution in [2.75, 3.05) is 18.5 Å². The van der Waals surface area contributed by atoms with E-state index in [0.29, 0.717) is 5.92 Å². The number of anilines is 1. The fourth-order valence-corrected chi connectivity index (χ4v) is 3.45. The number of amides is 1. The maximum Gasteiger partial charge on any atom is 0.244 e. The van der Waals surface area contributed by atoms with E-state index in [4.69, 9.17) is 0 Å². The summed E-state index contributed by atoms with van der Waals surface area (Å²) in [6.07, 6.45) is 3.78. The van der Waals surface area contributed by atoms with Crippen molar-refractivity contribution in [1.29, 1.82) is 0 Å². The highest BCUT2D eigenvalue weighted by atomic mass is 16.2. The van der Waals surface area contributed by atoms with Crippen LogP contribution in [0.2, 0.25) is 0 Å². The van der Waals surface area contributed by atoms with Crippen molar-refractivity contribution in [3.63, 3.8) is 0 Å². The molecular weight excluding hydrogens is 248 g/mol. The van der Waals surface area contributed by atoms with E-state index in [1.54, 1.807) is 4.90 Å². The summed E-state index contributed by atoms with van der Waals surface area (Å²) in [6, 6.07) is 9.92. The van der Waals surface area contributed by atoms with Crippen molar-refractivity contribution >= 4 is 11.6 Å². The summed E-state index contributed by atoms with van der Waals surface area (Å²) < 4.78 is 0. The number of hydrogen-bond donors (Lipinski definition) is 1. The first-order valence-electron chi connectivity index (χ1n) is 7.83. The van der Waals surface area contributed by atoms with Crippen LogP contribution >= 0.6 is 0 Å². The van der Waals surface area contributed by atoms with E-state index in [9.17, 15) is 4.79 Å². The Morgan fingerprint density at radius 3 is 2.60 bits per heavy atom. The zero-order chi connectivity index (χ0) is 14.5. The minimum atomic E-state index is 0.0303. The lowest BCUT2D eigenvalue weighted by Gasteiger charge is -2.24. The lowest BCUT2D eigenvalue weighted by Crippen LogP contribution is -2.44. The third-order valence-electron chi connectivity index (χ3n) is 4.49. The first kappa shape index (κ1) is 15.0. The summed E-state index contributed by atoms with van der Waals surface area (Å²) in [6.45, 7) is 5.02. The molecule has 1 aromatic carbocycles. The number of nitrogens with zero attached hydrogens (tertiary/aromatic N) is 1. The molecule has 2 fully saturated rings. The van der Waals surface area contributed by atoms with Crippen molar-refractivity contribution in [3.05, 3.63) is 30.3 Å². The lowest BCUT2D eigenvalue weighted by atomic mass is 9.93. The smallest absolute Gasteiger partial charge is 0.244 e. The van der Waals surface area contributed by atoms with E-state index in [-0.39, 0.29) is 11.9 Å². The predicted octanol–water partition coefficient (Wildman–Crippen LogP) is 3.06. The van der Waals surface area contributed by atoms with Gasteiger partial charge in [-0.05, 0) is 43.4 Å². The zero-order valence-electron chi connectivity index (χ0n) is 12.8. The second-order valence-corrected chi connectivity index (χ2v) is 5.47. The van der Waals surface area contributed by atoms with Gasteiger partial charge in [-0.3, -0.25) is 4.79 Å². The van der Waals surface area contributed by atoms with Gasteiger partial charge in [0.1, 0.15) is 0 Å². The number of fused-ring (bicyclic) bond motifs is 1. The number of carbonyl (C=O) groups is 1. The molecule has 1 amide bonds. The number of carbonyl (C=O) groups excluding carboxylic acids is 1. The molecular formula is C17H26N2O. The van der Waals surface area contributed by atoms with E-state index in [0.717, 1.165) is 18.2 Å². The molecule has 1 aliphatic heterocycles. The molecule has 3 rings (SSSR count). The summed E-state index contributed by atoms with van der Waals surface area (Å²) >= 11 is 0. The molecule has 2 aliphatic rings. The Labute approximate surface area is 122 Å². The Balaban J connectivity index is 0.000000704. The molecule has 1 saturated heterocycles. The third kappa shape index (κ3) is 2.88. The Morgan fingerprint density at radius 2 is 1.90 bits per heavy atom. The quantitative estimate of drug-likeness (QED) is 0.899. The molecule has 1 saturated carbocycles. The maximum atomic E-state index is 12.6. The summed E-state index contributed by atoms with van der Waals surface area (Å²) in [5.41, 5.74) is 0.978. The van der Waals surface area contributed by atoms with Gasteiger partial charge in [-0.2, -0.15) is 0 Å². The number of hydrogen-bond acceptors (Lipinski definition) is 2. The van der Waals surface area contributed by atoms with E-state index in [2.05, 4.69) is 5.32 Å². The van der Waals surface area contributed by atoms with Gasteiger partial charge < -0.3 is 10.2 Å². The highest BCUT2D eigenvalue weighted by molar-refractivity contribution is 5.97. The minimum Gasteiger partial charge on any atom is -0.314 e. The van der Waals surface area contributed by atoms with Gasteiger partial charge in [0.05, 0.1) is 6.04 Å². The van der Waals surface area contributed by atoms with Gasteiger partial charge in [-0.1, -0.05) is 38.5 Å². The van der Waals surface area contributed by atoms with Crippen LogP contribution in [-0.2, 0) is 4.79 Å². The average Bonchev–Trinajstić information content (AvgIpc) is 3.12. The van der Waals surface area contributed by atoms with Gasteiger partial charge in [0.15, 0.2) is 0 Å². The molecule has 0 spiro atoms. The van der Waals surface area contributed by atoms with Crippen molar-refractivity contribution in [3.8, 4) is 0 Å². The average molecular weight is 274 g/mol. The number of nitrogens with one attached hydrogen (secondary N) is 1. The van der Waals surface area contributed by atoms with Crippen LogP contribution in [0.5, 0.6) is 0 Å². The van der Waals surface area contributed by atoms with Crippen LogP contribution in [0.25, 0.3) is 0 Å². The van der Waals surface area contributed by atoms with E-state index >= 15 is 0 Å². The van der Waals surface area contributed by atoms with Crippen LogP contribution in [0.1, 0.15) is 33.1 Å². The summed E-state index contributed by atoms with van der Waals surface area (Å²) in [7, 11) is 1.88. The predicted molar refractivity (Wildman–Crippen MR) is 83.8 cm³/mol. The molecule has 1 aromatic rings. The monoisotopic (exact) mass is 274 g/mol. The molecule has 1 aliphatic carbocycles. The summed E-state index contributed by atoms with van der Waals surface area (Å²) in [5, 5.41) is 3.42. The minimum absolute atomic E-state index is 0.0303. The largest absolute Gasteiger partial charge is 0.314 e. The number of para-hydroxylation sites is 1. The summed E-state index contributed by atoms with van der Waals surface area (Å²) in [5.74, 6) is 1.50. The Bertz CT molecular complexity index is 432. The van der Waals surface area contributed by atoms with Gasteiger partial charge in [-0.15, -0.1) is 0 Å². The highest BCUT2D eigenvalue weighted by Gasteiger charge is 2.43. The molecule has 20 heavy (non-hydrogen) atoms. The highest BCUT2D eigenvalue weighted by Crippen LogP contribution is 2.38. The lowest BCUT2D eigenvalue weighted by molar-refractivity contribution is -0.120. The molecule has 3 atom stereocenters.